The predicted octanol–water partition coefficient (Wildman–Crippen LogP) is 6.13. The van der Waals surface area contributed by atoms with Crippen molar-refractivity contribution in [1.82, 2.24) is 58.1 Å². The van der Waals surface area contributed by atoms with Crippen LogP contribution in [0.2, 0.25) is 0 Å². The van der Waals surface area contributed by atoms with Crippen molar-refractivity contribution >= 4 is 90.3 Å². The van der Waals surface area contributed by atoms with E-state index in [9.17, 15) is 0 Å². The van der Waals surface area contributed by atoms with Crippen molar-refractivity contribution in [2.24, 2.45) is 28.2 Å². The van der Waals surface area contributed by atoms with E-state index in [1.807, 2.05) is 144 Å². The zero-order valence-corrected chi connectivity index (χ0v) is 45.9. The van der Waals surface area contributed by atoms with E-state index in [2.05, 4.69) is 24.3 Å². The van der Waals surface area contributed by atoms with Crippen LogP contribution in [0.5, 0.6) is 46.5 Å². The van der Waals surface area contributed by atoms with Gasteiger partial charge in [0.05, 0.1) is 67.4 Å². The Balaban J connectivity index is 0.00000264. The van der Waals surface area contributed by atoms with Crippen molar-refractivity contribution in [3.63, 3.8) is 0 Å². The second-order valence-corrected chi connectivity index (χ2v) is 19.4. The van der Waals surface area contributed by atoms with Crippen LogP contribution in [-0.4, -0.2) is 71.6 Å². The quantitative estimate of drug-likeness (QED) is 0.147. The molecule has 0 saturated heterocycles. The van der Waals surface area contributed by atoms with Gasteiger partial charge >= 0.3 is 42.1 Å². The van der Waals surface area contributed by atoms with Gasteiger partial charge in [-0.2, -0.15) is 0 Å². The summed E-state index contributed by atoms with van der Waals surface area (Å²) < 4.78 is 36.5. The number of imidazole rings is 4. The Morgan fingerprint density at radius 3 is 0.808 bits per heavy atom. The first-order valence-corrected chi connectivity index (χ1v) is 24.6. The summed E-state index contributed by atoms with van der Waals surface area (Å²) in [5, 5.41) is 0. The molecule has 0 fully saturated rings. The zero-order chi connectivity index (χ0) is 50.2. The monoisotopic (exact) mass is 1370 g/mol. The minimum Gasteiger partial charge on any atom is -0.481 e. The minimum absolute atomic E-state index is 0. The molecule has 0 amide bonds. The molecule has 374 valence electrons. The van der Waals surface area contributed by atoms with Crippen LogP contribution in [0.3, 0.4) is 0 Å². The summed E-state index contributed by atoms with van der Waals surface area (Å²) in [6.45, 7) is -1.34. The molecule has 16 nitrogen and oxygen atoms in total. The summed E-state index contributed by atoms with van der Waals surface area (Å²) in [5.41, 5.74) is 13.7. The molecule has 0 spiro atoms. The summed E-state index contributed by atoms with van der Waals surface area (Å²) in [6, 6.07) is 47.0. The van der Waals surface area contributed by atoms with Crippen molar-refractivity contribution in [1.29, 1.82) is 0 Å². The molecule has 17 rings (SSSR count). The molecule has 20 heteroatoms. The Morgan fingerprint density at radius 1 is 0.346 bits per heavy atom. The number of hydrogen-bond acceptors (Lipinski definition) is 12. The maximum Gasteiger partial charge on any atom is 2.00 e. The molecule has 4 aliphatic rings. The SMILES string of the molecule is Cn1c(-c2[c-]c3c(nc2)Oc2c4c5c(c6c2B3c2[c-]c(-c3nc7ccccc7n3C)cnc2O6)Oc2ncc(-c3nc6ccccc6n3C)[c-]c2B5c2[c-]c(-c3nc5ccccc5n3C)cnc2O4)nc2ccccc21.[Pt+2].[Pt+2]. The van der Waals surface area contributed by atoms with Crippen LogP contribution in [-0.2, 0) is 70.3 Å². The molecule has 0 radical (unpaired) electrons. The third-order valence-corrected chi connectivity index (χ3v) is 15.3. The summed E-state index contributed by atoms with van der Waals surface area (Å²) in [7, 11) is 7.96. The maximum atomic E-state index is 7.08. The smallest absolute Gasteiger partial charge is 0.481 e. The topological polar surface area (TPSA) is 160 Å². The molecule has 13 aromatic rings. The molecule has 5 aromatic carbocycles. The molecule has 0 aliphatic carbocycles. The van der Waals surface area contributed by atoms with E-state index in [1.54, 1.807) is 24.8 Å². The second-order valence-electron chi connectivity index (χ2n) is 19.4. The molecule has 0 atom stereocenters. The van der Waals surface area contributed by atoms with Crippen molar-refractivity contribution in [2.45, 2.75) is 0 Å². The summed E-state index contributed by atoms with van der Waals surface area (Å²) in [6.07, 6.45) is 6.98. The van der Waals surface area contributed by atoms with Crippen molar-refractivity contribution in [2.75, 3.05) is 0 Å². The first-order chi connectivity index (χ1) is 37.3. The molecule has 78 heavy (non-hydrogen) atoms. The van der Waals surface area contributed by atoms with Gasteiger partial charge in [0.15, 0.2) is 23.0 Å². The fourth-order valence-electron chi connectivity index (χ4n) is 11.7. The number of rotatable bonds is 4. The fourth-order valence-corrected chi connectivity index (χ4v) is 11.7. The Labute approximate surface area is 472 Å². The Kier molecular flexibility index (Phi) is 10.1. The number of nitrogens with zero attached hydrogens (tertiary/aromatic N) is 12. The Hall–Kier alpha value is -8.71. The molecular weight excluding hydrogens is 1340 g/mol. The van der Waals surface area contributed by atoms with Gasteiger partial charge in [-0.1, -0.05) is 117 Å². The number of aromatic nitrogens is 12. The number of fused-ring (bicyclic) bond motifs is 14. The number of ether oxygens (including phenoxy) is 4. The van der Waals surface area contributed by atoms with Gasteiger partial charge in [-0.15, -0.1) is 24.3 Å². The first kappa shape index (κ1) is 46.6. The molecule has 0 N–H and O–H groups in total. The second kappa shape index (κ2) is 16.9. The number of benzene rings is 5. The van der Waals surface area contributed by atoms with Crippen LogP contribution >= 0.6 is 0 Å². The van der Waals surface area contributed by atoms with Gasteiger partial charge in [-0.3, -0.25) is 19.9 Å². The van der Waals surface area contributed by atoms with E-state index in [4.69, 9.17) is 58.8 Å². The van der Waals surface area contributed by atoms with Gasteiger partial charge in [0.2, 0.25) is 13.4 Å². The standard InChI is InChI=1S/C58H32B2N12O4.2Pt/c1-69-41-17-9-5-13-37(41)65-51(69)29-21-33-55(61-25-29)73-47-45-48(74-56-34(59(33)45)22-30(26-62-56)52-66-38-14-6-10-18-42(38)70(52)2)50-46-49(47)75-57-35(23-31(27-63-57)53-67-39-15-7-11-19-43(39)71(53)3)60(46)36-24-32(28-64-58(36)76-50)54-68-40-16-8-12-20-44(40)72(54)4;;/h5-20,25-28H,1-4H3;;/q-4;2*+2. The Morgan fingerprint density at radius 2 is 0.577 bits per heavy atom. The summed E-state index contributed by atoms with van der Waals surface area (Å²) in [5.74, 6) is 5.50. The van der Waals surface area contributed by atoms with E-state index in [0.717, 1.165) is 44.1 Å². The number of pyridine rings is 4. The first-order valence-electron chi connectivity index (χ1n) is 24.6. The van der Waals surface area contributed by atoms with Crippen LogP contribution in [0.4, 0.5) is 0 Å². The van der Waals surface area contributed by atoms with Crippen molar-refractivity contribution < 1.29 is 61.1 Å². The summed E-state index contributed by atoms with van der Waals surface area (Å²) >= 11 is 0. The molecule has 0 unspecified atom stereocenters. The van der Waals surface area contributed by atoms with E-state index < -0.39 is 13.4 Å². The van der Waals surface area contributed by atoms with Crippen molar-refractivity contribution in [3.8, 4) is 92.1 Å². The number of aryl methyl sites for hydroxylation is 4. The van der Waals surface area contributed by atoms with Gasteiger partial charge in [0.1, 0.15) is 23.5 Å². The fraction of sp³-hybridized carbons (Fsp3) is 0.0690. The largest absolute Gasteiger partial charge is 2.00 e. The molecule has 4 aliphatic heterocycles. The predicted molar refractivity (Wildman–Crippen MR) is 287 cm³/mol. The van der Waals surface area contributed by atoms with Crippen LogP contribution < -0.4 is 51.7 Å². The molecule has 0 saturated carbocycles. The average molecular weight is 1370 g/mol. The normalized spacial score (nSPS) is 13.0. The molecule has 12 heterocycles. The third-order valence-electron chi connectivity index (χ3n) is 15.3. The summed E-state index contributed by atoms with van der Waals surface area (Å²) in [4.78, 5) is 40.4. The maximum absolute atomic E-state index is 7.08. The van der Waals surface area contributed by atoms with Crippen LogP contribution in [0.15, 0.2) is 122 Å². The van der Waals surface area contributed by atoms with Crippen LogP contribution in [0.1, 0.15) is 0 Å². The van der Waals surface area contributed by atoms with Crippen LogP contribution in [0.25, 0.3) is 89.7 Å². The average Bonchev–Trinajstić information content (AvgIpc) is 3.71. The van der Waals surface area contributed by atoms with Crippen LogP contribution in [0, 0.1) is 24.3 Å². The van der Waals surface area contributed by atoms with E-state index >= 15 is 0 Å². The van der Waals surface area contributed by atoms with Gasteiger partial charge in [-0.05, 0) is 48.5 Å². The van der Waals surface area contributed by atoms with Gasteiger partial charge in [0.25, 0.3) is 0 Å². The Bertz CT molecular complexity index is 4190. The van der Waals surface area contributed by atoms with E-state index in [-0.39, 0.29) is 42.1 Å². The third kappa shape index (κ3) is 6.38. The number of para-hydroxylation sites is 8. The minimum atomic E-state index is -0.671. The molecular formula is C58H32B2N12O4Pt2. The van der Waals surface area contributed by atoms with Crippen molar-refractivity contribution in [3.05, 3.63) is 146 Å². The van der Waals surface area contributed by atoms with E-state index in [1.165, 1.54) is 0 Å². The van der Waals surface area contributed by atoms with Gasteiger partial charge < -0.3 is 57.2 Å². The molecule has 8 aromatic heterocycles. The van der Waals surface area contributed by atoms with Gasteiger partial charge in [0, 0.05) is 39.1 Å². The van der Waals surface area contributed by atoms with Gasteiger partial charge in [-0.25, -0.2) is 0 Å². The molecule has 0 bridgehead atoms. The van der Waals surface area contributed by atoms with E-state index in [0.29, 0.717) is 125 Å². The zero-order valence-electron chi connectivity index (χ0n) is 41.3. The number of hydrogen-bond donors (Lipinski definition) is 0.